The molecule has 0 saturated carbocycles. The number of alkyl halides is 3. The molecule has 0 radical (unpaired) electrons. The van der Waals surface area contributed by atoms with Gasteiger partial charge in [-0.3, -0.25) is 4.79 Å². The Morgan fingerprint density at radius 2 is 1.74 bits per heavy atom. The summed E-state index contributed by atoms with van der Waals surface area (Å²) in [6, 6.07) is -0.892. The lowest BCUT2D eigenvalue weighted by Gasteiger charge is -2.27. The number of esters is 1. The Morgan fingerprint density at radius 3 is 2.05 bits per heavy atom. The molecule has 0 amide bonds. The van der Waals surface area contributed by atoms with Crippen LogP contribution in [0.1, 0.15) is 34.6 Å². The average Bonchev–Trinajstić information content (AvgIpc) is 2.12. The normalized spacial score (nSPS) is 16.3. The SMILES string of the molecule is CC(C)[C@@H](NC[C@@H](O)C(F)(F)F)C(=O)OC(C)(C)C. The van der Waals surface area contributed by atoms with Crippen LogP contribution in [-0.2, 0) is 9.53 Å². The highest BCUT2D eigenvalue weighted by Gasteiger charge is 2.39. The van der Waals surface area contributed by atoms with Gasteiger partial charge in [0, 0.05) is 6.54 Å². The average molecular weight is 285 g/mol. The standard InChI is InChI=1S/C12H22F3NO3/c1-7(2)9(10(18)19-11(3,4)5)16-6-8(17)12(13,14)15/h7-9,16-17H,6H2,1-5H3/t8-,9-/m1/s1. The maximum Gasteiger partial charge on any atom is 0.415 e. The first-order chi connectivity index (χ1) is 8.34. The van der Waals surface area contributed by atoms with Crippen molar-refractivity contribution in [2.24, 2.45) is 5.92 Å². The van der Waals surface area contributed by atoms with Crippen LogP contribution < -0.4 is 5.32 Å². The van der Waals surface area contributed by atoms with Crippen molar-refractivity contribution in [2.45, 2.75) is 58.5 Å². The van der Waals surface area contributed by atoms with Crippen LogP contribution in [0.15, 0.2) is 0 Å². The van der Waals surface area contributed by atoms with Gasteiger partial charge in [0.05, 0.1) is 0 Å². The number of carbonyl (C=O) groups is 1. The number of aliphatic hydroxyl groups is 1. The summed E-state index contributed by atoms with van der Waals surface area (Å²) in [5.41, 5.74) is -0.714. The summed E-state index contributed by atoms with van der Waals surface area (Å²) in [5, 5.41) is 11.3. The zero-order valence-corrected chi connectivity index (χ0v) is 11.8. The number of halogens is 3. The molecule has 0 spiro atoms. The van der Waals surface area contributed by atoms with Gasteiger partial charge < -0.3 is 15.2 Å². The van der Waals surface area contributed by atoms with E-state index in [9.17, 15) is 18.0 Å². The van der Waals surface area contributed by atoms with E-state index in [1.54, 1.807) is 34.6 Å². The largest absolute Gasteiger partial charge is 0.459 e. The van der Waals surface area contributed by atoms with Gasteiger partial charge >= 0.3 is 12.1 Å². The van der Waals surface area contributed by atoms with E-state index in [1.165, 1.54) is 0 Å². The number of aliphatic hydroxyl groups excluding tert-OH is 1. The van der Waals surface area contributed by atoms with Gasteiger partial charge in [0.15, 0.2) is 6.10 Å². The van der Waals surface area contributed by atoms with E-state index in [0.717, 1.165) is 0 Å². The Hall–Kier alpha value is -0.820. The number of ether oxygens (including phenoxy) is 1. The zero-order chi connectivity index (χ0) is 15.4. The molecule has 2 N–H and O–H groups in total. The third-order valence-corrected chi connectivity index (χ3v) is 2.24. The fraction of sp³-hybridized carbons (Fsp3) is 0.917. The first-order valence-electron chi connectivity index (χ1n) is 6.05. The summed E-state index contributed by atoms with van der Waals surface area (Å²) in [6.07, 6.45) is -7.21. The summed E-state index contributed by atoms with van der Waals surface area (Å²) in [7, 11) is 0. The number of hydrogen-bond acceptors (Lipinski definition) is 4. The Labute approximate surface area is 111 Å². The third kappa shape index (κ3) is 7.37. The molecular formula is C12H22F3NO3. The number of nitrogens with one attached hydrogen (secondary N) is 1. The van der Waals surface area contributed by atoms with Crippen LogP contribution >= 0.6 is 0 Å². The van der Waals surface area contributed by atoms with Gasteiger partial charge in [-0.1, -0.05) is 13.8 Å². The molecule has 0 aliphatic rings. The van der Waals surface area contributed by atoms with Crippen LogP contribution in [0, 0.1) is 5.92 Å². The Kier molecular flexibility index (Phi) is 6.28. The smallest absolute Gasteiger partial charge is 0.415 e. The number of carbonyl (C=O) groups excluding carboxylic acids is 1. The molecule has 0 bridgehead atoms. The Balaban J connectivity index is 4.56. The van der Waals surface area contributed by atoms with E-state index in [0.29, 0.717) is 0 Å². The van der Waals surface area contributed by atoms with Gasteiger partial charge in [-0.05, 0) is 26.7 Å². The first kappa shape index (κ1) is 18.2. The van der Waals surface area contributed by atoms with Crippen LogP contribution in [-0.4, -0.2) is 41.5 Å². The predicted octanol–water partition coefficient (Wildman–Crippen LogP) is 1.87. The Bertz CT molecular complexity index is 298. The molecule has 4 nitrogen and oxygen atoms in total. The molecule has 0 aliphatic carbocycles. The van der Waals surface area contributed by atoms with Gasteiger partial charge in [-0.2, -0.15) is 13.2 Å². The highest BCUT2D eigenvalue weighted by molar-refractivity contribution is 5.76. The van der Waals surface area contributed by atoms with Gasteiger partial charge in [0.25, 0.3) is 0 Å². The second kappa shape index (κ2) is 6.56. The van der Waals surface area contributed by atoms with Crippen LogP contribution in [0.4, 0.5) is 13.2 Å². The number of rotatable bonds is 5. The van der Waals surface area contributed by atoms with Gasteiger partial charge in [-0.15, -0.1) is 0 Å². The van der Waals surface area contributed by atoms with E-state index < -0.39 is 36.4 Å². The third-order valence-electron chi connectivity index (χ3n) is 2.24. The van der Waals surface area contributed by atoms with E-state index in [4.69, 9.17) is 9.84 Å². The molecule has 114 valence electrons. The molecule has 0 fully saturated rings. The summed E-state index contributed by atoms with van der Waals surface area (Å²) in [5.74, 6) is -0.882. The lowest BCUT2D eigenvalue weighted by Crippen LogP contribution is -2.49. The molecular weight excluding hydrogens is 263 g/mol. The fourth-order valence-electron chi connectivity index (χ4n) is 1.31. The maximum atomic E-state index is 12.2. The molecule has 0 unspecified atom stereocenters. The second-order valence-corrected chi connectivity index (χ2v) is 5.72. The van der Waals surface area contributed by atoms with Gasteiger partial charge in [0.2, 0.25) is 0 Å². The second-order valence-electron chi connectivity index (χ2n) is 5.72. The first-order valence-corrected chi connectivity index (χ1v) is 6.05. The zero-order valence-electron chi connectivity index (χ0n) is 11.8. The molecule has 0 rings (SSSR count). The quantitative estimate of drug-likeness (QED) is 0.757. The minimum atomic E-state index is -4.71. The summed E-state index contributed by atoms with van der Waals surface area (Å²) >= 11 is 0. The van der Waals surface area contributed by atoms with Gasteiger partial charge in [-0.25, -0.2) is 0 Å². The van der Waals surface area contributed by atoms with Crippen LogP contribution in [0.2, 0.25) is 0 Å². The molecule has 7 heteroatoms. The molecule has 2 atom stereocenters. The topological polar surface area (TPSA) is 58.6 Å². The van der Waals surface area contributed by atoms with Crippen molar-refractivity contribution in [1.29, 1.82) is 0 Å². The van der Waals surface area contributed by atoms with Crippen LogP contribution in [0.5, 0.6) is 0 Å². The summed E-state index contributed by atoms with van der Waals surface area (Å²) < 4.78 is 41.6. The lowest BCUT2D eigenvalue weighted by molar-refractivity contribution is -0.203. The lowest BCUT2D eigenvalue weighted by atomic mass is 10.0. The van der Waals surface area contributed by atoms with Crippen molar-refractivity contribution in [1.82, 2.24) is 5.32 Å². The fourth-order valence-corrected chi connectivity index (χ4v) is 1.31. The van der Waals surface area contributed by atoms with Crippen molar-refractivity contribution in [3.8, 4) is 0 Å². The molecule has 0 aromatic rings. The maximum absolute atomic E-state index is 12.2. The highest BCUT2D eigenvalue weighted by atomic mass is 19.4. The molecule has 19 heavy (non-hydrogen) atoms. The van der Waals surface area contributed by atoms with E-state index in [2.05, 4.69) is 5.32 Å². The number of hydrogen-bond donors (Lipinski definition) is 2. The summed E-state index contributed by atoms with van der Waals surface area (Å²) in [6.45, 7) is 7.64. The highest BCUT2D eigenvalue weighted by Crippen LogP contribution is 2.20. The van der Waals surface area contributed by atoms with Crippen LogP contribution in [0.25, 0.3) is 0 Å². The van der Waals surface area contributed by atoms with Crippen molar-refractivity contribution in [3.05, 3.63) is 0 Å². The molecule has 0 aromatic heterocycles. The summed E-state index contributed by atoms with van der Waals surface area (Å²) in [4.78, 5) is 11.8. The van der Waals surface area contributed by atoms with E-state index >= 15 is 0 Å². The molecule has 0 aliphatic heterocycles. The Morgan fingerprint density at radius 1 is 1.26 bits per heavy atom. The van der Waals surface area contributed by atoms with Crippen molar-refractivity contribution in [3.63, 3.8) is 0 Å². The van der Waals surface area contributed by atoms with E-state index in [1.807, 2.05) is 0 Å². The van der Waals surface area contributed by atoms with Crippen molar-refractivity contribution >= 4 is 5.97 Å². The minimum Gasteiger partial charge on any atom is -0.459 e. The van der Waals surface area contributed by atoms with Crippen molar-refractivity contribution in [2.75, 3.05) is 6.54 Å². The van der Waals surface area contributed by atoms with Crippen molar-refractivity contribution < 1.29 is 27.8 Å². The monoisotopic (exact) mass is 285 g/mol. The predicted molar refractivity (Wildman–Crippen MR) is 64.5 cm³/mol. The molecule has 0 saturated heterocycles. The molecule has 0 aromatic carbocycles. The van der Waals surface area contributed by atoms with Gasteiger partial charge in [0.1, 0.15) is 11.6 Å². The molecule has 0 heterocycles. The minimum absolute atomic E-state index is 0.254. The van der Waals surface area contributed by atoms with E-state index in [-0.39, 0.29) is 5.92 Å². The van der Waals surface area contributed by atoms with Crippen LogP contribution in [0.3, 0.4) is 0 Å².